The summed E-state index contributed by atoms with van der Waals surface area (Å²) in [6.07, 6.45) is 3.55. The highest BCUT2D eigenvalue weighted by Gasteiger charge is 2.53. The number of hydrogen-bond acceptors (Lipinski definition) is 5. The number of hydrogen-bond donors (Lipinski definition) is 0. The van der Waals surface area contributed by atoms with Crippen molar-refractivity contribution < 1.29 is 23.9 Å². The Bertz CT molecular complexity index is 977. The molecule has 3 unspecified atom stereocenters. The Balaban J connectivity index is 1.79. The fraction of sp³-hybridized carbons (Fsp3) is 0.607. The number of likely N-dealkylation sites (tertiary alicyclic amines) is 1. The lowest BCUT2D eigenvalue weighted by Gasteiger charge is -2.42. The summed E-state index contributed by atoms with van der Waals surface area (Å²) in [6, 6.07) is 7.87. The van der Waals surface area contributed by atoms with Crippen molar-refractivity contribution in [2.75, 3.05) is 26.7 Å². The number of carbonyl (C=O) groups excluding carboxylic acids is 3. The molecule has 2 amide bonds. The maximum atomic E-state index is 13.0. The SMILES string of the molecule is CCN(CC)C(=O)CCCC(=O)OC1(C#Cc2cccc(C)c2)CCCC2C1CCN2C(=O)OC. The number of amides is 2. The predicted molar refractivity (Wildman–Crippen MR) is 134 cm³/mol. The van der Waals surface area contributed by atoms with Gasteiger partial charge in [-0.05, 0) is 76.5 Å². The Hall–Kier alpha value is -3.01. The van der Waals surface area contributed by atoms with Gasteiger partial charge in [-0.1, -0.05) is 18.1 Å². The summed E-state index contributed by atoms with van der Waals surface area (Å²) in [5, 5.41) is 0. The molecular formula is C28H38N2O5. The second-order valence-electron chi connectivity index (χ2n) is 9.42. The van der Waals surface area contributed by atoms with Gasteiger partial charge in [0.15, 0.2) is 5.60 Å². The van der Waals surface area contributed by atoms with Gasteiger partial charge in [0.1, 0.15) is 0 Å². The van der Waals surface area contributed by atoms with E-state index in [-0.39, 0.29) is 36.4 Å². The minimum Gasteiger partial charge on any atom is -0.453 e. The summed E-state index contributed by atoms with van der Waals surface area (Å²) in [5.41, 5.74) is 1.02. The first-order valence-electron chi connectivity index (χ1n) is 12.8. The summed E-state index contributed by atoms with van der Waals surface area (Å²) in [7, 11) is 1.39. The lowest BCUT2D eigenvalue weighted by molar-refractivity contribution is -0.163. The molecule has 3 atom stereocenters. The van der Waals surface area contributed by atoms with Crippen molar-refractivity contribution in [3.63, 3.8) is 0 Å². The van der Waals surface area contributed by atoms with Crippen LogP contribution in [0.25, 0.3) is 0 Å². The molecule has 0 bridgehead atoms. The van der Waals surface area contributed by atoms with Crippen LogP contribution in [0.1, 0.15) is 69.9 Å². The molecule has 0 radical (unpaired) electrons. The maximum absolute atomic E-state index is 13.0. The van der Waals surface area contributed by atoms with Gasteiger partial charge in [-0.25, -0.2) is 4.79 Å². The van der Waals surface area contributed by atoms with Gasteiger partial charge in [0.2, 0.25) is 5.91 Å². The molecule has 1 saturated carbocycles. The molecular weight excluding hydrogens is 444 g/mol. The van der Waals surface area contributed by atoms with E-state index < -0.39 is 5.60 Å². The van der Waals surface area contributed by atoms with Crippen molar-refractivity contribution in [3.8, 4) is 11.8 Å². The zero-order valence-electron chi connectivity index (χ0n) is 21.5. The first-order valence-corrected chi connectivity index (χ1v) is 12.8. The molecule has 7 heteroatoms. The Morgan fingerprint density at radius 2 is 1.94 bits per heavy atom. The number of ether oxygens (including phenoxy) is 2. The second kappa shape index (κ2) is 12.1. The molecule has 1 aliphatic carbocycles. The number of esters is 1. The second-order valence-corrected chi connectivity index (χ2v) is 9.42. The van der Waals surface area contributed by atoms with E-state index in [4.69, 9.17) is 9.47 Å². The normalized spacial score (nSPS) is 23.0. The van der Waals surface area contributed by atoms with Crippen molar-refractivity contribution in [1.82, 2.24) is 9.80 Å². The Morgan fingerprint density at radius 3 is 2.63 bits per heavy atom. The van der Waals surface area contributed by atoms with Crippen LogP contribution in [0.15, 0.2) is 24.3 Å². The minimum atomic E-state index is -0.963. The number of nitrogens with zero attached hydrogens (tertiary/aromatic N) is 2. The van der Waals surface area contributed by atoms with Gasteiger partial charge in [0.05, 0.1) is 7.11 Å². The van der Waals surface area contributed by atoms with Crippen molar-refractivity contribution >= 4 is 18.0 Å². The van der Waals surface area contributed by atoms with Crippen molar-refractivity contribution in [1.29, 1.82) is 0 Å². The lowest BCUT2D eigenvalue weighted by Crippen LogP contribution is -2.51. The van der Waals surface area contributed by atoms with Gasteiger partial charge < -0.3 is 19.3 Å². The zero-order valence-corrected chi connectivity index (χ0v) is 21.5. The largest absolute Gasteiger partial charge is 0.453 e. The molecule has 0 spiro atoms. The third-order valence-corrected chi connectivity index (χ3v) is 7.22. The van der Waals surface area contributed by atoms with Crippen molar-refractivity contribution in [3.05, 3.63) is 35.4 Å². The molecule has 3 rings (SSSR count). The van der Waals surface area contributed by atoms with E-state index in [2.05, 4.69) is 11.8 Å². The molecule has 1 saturated heterocycles. The molecule has 35 heavy (non-hydrogen) atoms. The van der Waals surface area contributed by atoms with Crippen LogP contribution >= 0.6 is 0 Å². The molecule has 0 aromatic heterocycles. The first kappa shape index (κ1) is 26.6. The van der Waals surface area contributed by atoms with Gasteiger partial charge in [-0.15, -0.1) is 0 Å². The topological polar surface area (TPSA) is 76.2 Å². The van der Waals surface area contributed by atoms with E-state index in [9.17, 15) is 14.4 Å². The Kier molecular flexibility index (Phi) is 9.20. The van der Waals surface area contributed by atoms with Crippen LogP contribution < -0.4 is 0 Å². The number of carbonyl (C=O) groups is 3. The minimum absolute atomic E-state index is 0.0546. The van der Waals surface area contributed by atoms with Crippen LogP contribution in [0, 0.1) is 24.7 Å². The highest BCUT2D eigenvalue weighted by Crippen LogP contribution is 2.45. The zero-order chi connectivity index (χ0) is 25.4. The molecule has 7 nitrogen and oxygen atoms in total. The van der Waals surface area contributed by atoms with Gasteiger partial charge in [-0.3, -0.25) is 9.59 Å². The van der Waals surface area contributed by atoms with Crippen LogP contribution in [0.3, 0.4) is 0 Å². The van der Waals surface area contributed by atoms with Gasteiger partial charge in [-0.2, -0.15) is 0 Å². The number of fused-ring (bicyclic) bond motifs is 1. The van der Waals surface area contributed by atoms with Crippen LogP contribution in [0.5, 0.6) is 0 Å². The smallest absolute Gasteiger partial charge is 0.409 e. The number of methoxy groups -OCH3 is 1. The summed E-state index contributed by atoms with van der Waals surface area (Å²) in [5.74, 6) is 6.24. The van der Waals surface area contributed by atoms with E-state index in [0.717, 1.165) is 24.0 Å². The molecule has 2 aliphatic rings. The van der Waals surface area contributed by atoms with E-state index in [1.807, 2.05) is 45.0 Å². The molecule has 1 aliphatic heterocycles. The summed E-state index contributed by atoms with van der Waals surface area (Å²) >= 11 is 0. The molecule has 1 aromatic rings. The van der Waals surface area contributed by atoms with Crippen molar-refractivity contribution in [2.45, 2.75) is 77.4 Å². The van der Waals surface area contributed by atoms with Crippen LogP contribution in [-0.4, -0.2) is 66.2 Å². The molecule has 1 aromatic carbocycles. The van der Waals surface area contributed by atoms with E-state index in [1.54, 1.807) is 9.80 Å². The highest BCUT2D eigenvalue weighted by atomic mass is 16.6. The monoisotopic (exact) mass is 482 g/mol. The van der Waals surface area contributed by atoms with Gasteiger partial charge in [0.25, 0.3) is 0 Å². The third kappa shape index (κ3) is 6.36. The highest BCUT2D eigenvalue weighted by molar-refractivity contribution is 5.77. The van der Waals surface area contributed by atoms with Crippen LogP contribution in [0.4, 0.5) is 4.79 Å². The third-order valence-electron chi connectivity index (χ3n) is 7.22. The molecule has 190 valence electrons. The van der Waals surface area contributed by atoms with Gasteiger partial charge >= 0.3 is 12.1 Å². The Morgan fingerprint density at radius 1 is 1.17 bits per heavy atom. The molecule has 0 N–H and O–H groups in total. The van der Waals surface area contributed by atoms with Crippen molar-refractivity contribution in [2.24, 2.45) is 5.92 Å². The summed E-state index contributed by atoms with van der Waals surface area (Å²) in [4.78, 5) is 41.2. The Labute approximate surface area is 209 Å². The molecule has 2 fully saturated rings. The predicted octanol–water partition coefficient (Wildman–Crippen LogP) is 4.31. The quantitative estimate of drug-likeness (QED) is 0.428. The number of rotatable bonds is 7. The summed E-state index contributed by atoms with van der Waals surface area (Å²) < 4.78 is 11.2. The number of aryl methyl sites for hydroxylation is 1. The first-order chi connectivity index (χ1) is 16.8. The number of benzene rings is 1. The molecule has 1 heterocycles. The summed E-state index contributed by atoms with van der Waals surface area (Å²) in [6.45, 7) is 7.80. The maximum Gasteiger partial charge on any atom is 0.409 e. The van der Waals surface area contributed by atoms with Gasteiger partial charge in [0, 0.05) is 50.0 Å². The van der Waals surface area contributed by atoms with E-state index in [1.165, 1.54) is 7.11 Å². The average Bonchev–Trinajstić information content (AvgIpc) is 3.29. The standard InChI is InChI=1S/C28H38N2O5/c1-5-29(6-2)25(31)13-8-14-26(32)35-28(18-15-22-11-7-10-21(3)20-22)17-9-12-24-23(28)16-19-30(24)27(33)34-4/h7,10-11,20,23-24H,5-6,8-9,12-14,16-17,19H2,1-4H3. The van der Waals surface area contributed by atoms with E-state index in [0.29, 0.717) is 45.3 Å². The average molecular weight is 483 g/mol. The lowest BCUT2D eigenvalue weighted by atomic mass is 9.72. The fourth-order valence-corrected chi connectivity index (χ4v) is 5.44. The van der Waals surface area contributed by atoms with Crippen LogP contribution in [0.2, 0.25) is 0 Å². The van der Waals surface area contributed by atoms with E-state index >= 15 is 0 Å². The fourth-order valence-electron chi connectivity index (χ4n) is 5.44. The van der Waals surface area contributed by atoms with Crippen LogP contribution in [-0.2, 0) is 19.1 Å².